The first-order chi connectivity index (χ1) is 7.81. The fourth-order valence-electron chi connectivity index (χ4n) is 1.63. The summed E-state index contributed by atoms with van der Waals surface area (Å²) in [6, 6.07) is 9.97. The van der Waals surface area contributed by atoms with Crippen LogP contribution in [0.5, 0.6) is 0 Å². The van der Waals surface area contributed by atoms with Crippen LogP contribution in [0, 0.1) is 11.3 Å². The van der Waals surface area contributed by atoms with E-state index in [9.17, 15) is 0 Å². The largest absolute Gasteiger partial charge is 0.380 e. The first-order valence-corrected chi connectivity index (χ1v) is 5.77. The lowest BCUT2D eigenvalue weighted by molar-refractivity contribution is 0.614. The molecule has 0 aliphatic heterocycles. The van der Waals surface area contributed by atoms with E-state index in [0.29, 0.717) is 12.1 Å². The topological polar surface area (TPSA) is 61.8 Å². The van der Waals surface area contributed by atoms with Gasteiger partial charge in [-0.05, 0) is 18.6 Å². The molecule has 3 N–H and O–H groups in total. The molecular formula is C13H19N3. The fourth-order valence-corrected chi connectivity index (χ4v) is 1.63. The number of nitrogens with zero attached hydrogens (tertiary/aromatic N) is 1. The summed E-state index contributed by atoms with van der Waals surface area (Å²) in [6.07, 6.45) is 3.37. The van der Waals surface area contributed by atoms with Gasteiger partial charge in [-0.25, -0.2) is 0 Å². The van der Waals surface area contributed by atoms with Crippen molar-refractivity contribution in [1.29, 1.82) is 5.26 Å². The maximum atomic E-state index is 8.96. The predicted octanol–water partition coefficient (Wildman–Crippen LogP) is 2.49. The van der Waals surface area contributed by atoms with Crippen LogP contribution in [0.1, 0.15) is 31.7 Å². The van der Waals surface area contributed by atoms with Crippen LogP contribution >= 0.6 is 0 Å². The lowest BCUT2D eigenvalue weighted by atomic mass is 10.1. The summed E-state index contributed by atoms with van der Waals surface area (Å²) in [5.74, 6) is 0. The Hall–Kier alpha value is -1.53. The predicted molar refractivity (Wildman–Crippen MR) is 67.1 cm³/mol. The van der Waals surface area contributed by atoms with Crippen molar-refractivity contribution in [2.24, 2.45) is 5.73 Å². The lowest BCUT2D eigenvalue weighted by Gasteiger charge is -2.18. The van der Waals surface area contributed by atoms with Crippen LogP contribution in [0.15, 0.2) is 24.3 Å². The SMILES string of the molecule is CCCCC(CN)Nc1ccccc1C#N. The van der Waals surface area contributed by atoms with Crippen LogP contribution in [0.25, 0.3) is 0 Å². The summed E-state index contributed by atoms with van der Waals surface area (Å²) in [5.41, 5.74) is 7.27. The van der Waals surface area contributed by atoms with E-state index in [1.54, 1.807) is 0 Å². The maximum absolute atomic E-state index is 8.96. The Morgan fingerprint density at radius 3 is 2.81 bits per heavy atom. The van der Waals surface area contributed by atoms with Crippen LogP contribution < -0.4 is 11.1 Å². The molecular weight excluding hydrogens is 198 g/mol. The van der Waals surface area contributed by atoms with Gasteiger partial charge in [-0.3, -0.25) is 0 Å². The number of hydrogen-bond acceptors (Lipinski definition) is 3. The van der Waals surface area contributed by atoms with Gasteiger partial charge in [0.1, 0.15) is 6.07 Å². The van der Waals surface area contributed by atoms with Crippen molar-refractivity contribution in [3.63, 3.8) is 0 Å². The molecule has 3 nitrogen and oxygen atoms in total. The van der Waals surface area contributed by atoms with Gasteiger partial charge in [0, 0.05) is 12.6 Å². The van der Waals surface area contributed by atoms with Crippen LogP contribution in [0.3, 0.4) is 0 Å². The van der Waals surface area contributed by atoms with E-state index in [0.717, 1.165) is 24.9 Å². The Kier molecular flexibility index (Phi) is 5.38. The molecule has 0 saturated heterocycles. The molecule has 86 valence electrons. The van der Waals surface area contributed by atoms with Gasteiger partial charge in [0.2, 0.25) is 0 Å². The molecule has 16 heavy (non-hydrogen) atoms. The van der Waals surface area contributed by atoms with Crippen molar-refractivity contribution < 1.29 is 0 Å². The van der Waals surface area contributed by atoms with E-state index in [4.69, 9.17) is 11.0 Å². The summed E-state index contributed by atoms with van der Waals surface area (Å²) in [6.45, 7) is 2.76. The highest BCUT2D eigenvalue weighted by molar-refractivity contribution is 5.57. The summed E-state index contributed by atoms with van der Waals surface area (Å²) < 4.78 is 0. The van der Waals surface area contributed by atoms with Crippen LogP contribution in [0.2, 0.25) is 0 Å². The summed E-state index contributed by atoms with van der Waals surface area (Å²) in [5, 5.41) is 12.3. The highest BCUT2D eigenvalue weighted by Crippen LogP contribution is 2.16. The number of nitrogens with two attached hydrogens (primary N) is 1. The number of hydrogen-bond donors (Lipinski definition) is 2. The lowest BCUT2D eigenvalue weighted by Crippen LogP contribution is -2.29. The van der Waals surface area contributed by atoms with Gasteiger partial charge in [0.15, 0.2) is 0 Å². The maximum Gasteiger partial charge on any atom is 0.101 e. The second-order valence-electron chi connectivity index (χ2n) is 3.88. The van der Waals surface area contributed by atoms with E-state index >= 15 is 0 Å². The van der Waals surface area contributed by atoms with E-state index in [2.05, 4.69) is 18.3 Å². The molecule has 0 fully saturated rings. The van der Waals surface area contributed by atoms with Gasteiger partial charge in [-0.15, -0.1) is 0 Å². The third kappa shape index (κ3) is 3.56. The van der Waals surface area contributed by atoms with E-state index < -0.39 is 0 Å². The highest BCUT2D eigenvalue weighted by atomic mass is 14.9. The molecule has 0 aromatic heterocycles. The molecule has 0 aliphatic rings. The summed E-state index contributed by atoms with van der Waals surface area (Å²) in [7, 11) is 0. The van der Waals surface area contributed by atoms with Crippen LogP contribution in [-0.2, 0) is 0 Å². The Morgan fingerprint density at radius 2 is 2.19 bits per heavy atom. The third-order valence-electron chi connectivity index (χ3n) is 2.60. The Balaban J connectivity index is 2.66. The number of benzene rings is 1. The molecule has 0 amide bonds. The van der Waals surface area contributed by atoms with Crippen molar-refractivity contribution >= 4 is 5.69 Å². The number of unbranched alkanes of at least 4 members (excludes halogenated alkanes) is 1. The average Bonchev–Trinajstić information content (AvgIpc) is 2.34. The quantitative estimate of drug-likeness (QED) is 0.769. The first-order valence-electron chi connectivity index (χ1n) is 5.77. The molecule has 1 atom stereocenters. The molecule has 0 radical (unpaired) electrons. The van der Waals surface area contributed by atoms with Gasteiger partial charge in [0.25, 0.3) is 0 Å². The van der Waals surface area contributed by atoms with E-state index in [1.807, 2.05) is 24.3 Å². The number of anilines is 1. The average molecular weight is 217 g/mol. The smallest absolute Gasteiger partial charge is 0.101 e. The molecule has 1 rings (SSSR count). The van der Waals surface area contributed by atoms with Crippen molar-refractivity contribution in [2.75, 3.05) is 11.9 Å². The van der Waals surface area contributed by atoms with Crippen LogP contribution in [-0.4, -0.2) is 12.6 Å². The minimum atomic E-state index is 0.259. The van der Waals surface area contributed by atoms with E-state index in [-0.39, 0.29) is 6.04 Å². The van der Waals surface area contributed by atoms with Gasteiger partial charge < -0.3 is 11.1 Å². The van der Waals surface area contributed by atoms with Gasteiger partial charge in [-0.1, -0.05) is 31.9 Å². The number of nitriles is 1. The zero-order valence-corrected chi connectivity index (χ0v) is 9.74. The second kappa shape index (κ2) is 6.86. The monoisotopic (exact) mass is 217 g/mol. The molecule has 0 heterocycles. The standard InChI is InChI=1S/C13H19N3/c1-2-3-7-12(10-15)16-13-8-5-4-6-11(13)9-14/h4-6,8,12,16H,2-3,7,10,15H2,1H3. The Bertz CT molecular complexity index is 354. The summed E-state index contributed by atoms with van der Waals surface area (Å²) >= 11 is 0. The van der Waals surface area contributed by atoms with Crippen molar-refractivity contribution in [1.82, 2.24) is 0 Å². The molecule has 0 saturated carbocycles. The minimum Gasteiger partial charge on any atom is -0.380 e. The zero-order chi connectivity index (χ0) is 11.8. The highest BCUT2D eigenvalue weighted by Gasteiger charge is 2.07. The van der Waals surface area contributed by atoms with Crippen LogP contribution in [0.4, 0.5) is 5.69 Å². The van der Waals surface area contributed by atoms with Crippen molar-refractivity contribution in [3.8, 4) is 6.07 Å². The Labute approximate surface area is 97.3 Å². The molecule has 0 aliphatic carbocycles. The molecule has 1 unspecified atom stereocenters. The number of para-hydroxylation sites is 1. The third-order valence-corrected chi connectivity index (χ3v) is 2.60. The van der Waals surface area contributed by atoms with E-state index in [1.165, 1.54) is 0 Å². The summed E-state index contributed by atoms with van der Waals surface area (Å²) in [4.78, 5) is 0. The number of nitrogens with one attached hydrogen (secondary N) is 1. The molecule has 1 aromatic rings. The zero-order valence-electron chi connectivity index (χ0n) is 9.74. The normalized spacial score (nSPS) is 11.8. The molecule has 3 heteroatoms. The fraction of sp³-hybridized carbons (Fsp3) is 0.462. The van der Waals surface area contributed by atoms with Crippen molar-refractivity contribution in [3.05, 3.63) is 29.8 Å². The van der Waals surface area contributed by atoms with Crippen molar-refractivity contribution in [2.45, 2.75) is 32.2 Å². The van der Waals surface area contributed by atoms with Gasteiger partial charge in [-0.2, -0.15) is 5.26 Å². The van der Waals surface area contributed by atoms with Gasteiger partial charge >= 0.3 is 0 Å². The number of rotatable bonds is 6. The molecule has 0 bridgehead atoms. The minimum absolute atomic E-state index is 0.259. The second-order valence-corrected chi connectivity index (χ2v) is 3.88. The first kappa shape index (κ1) is 12.5. The molecule has 0 spiro atoms. The molecule has 1 aromatic carbocycles. The Morgan fingerprint density at radius 1 is 1.44 bits per heavy atom. The van der Waals surface area contributed by atoms with Gasteiger partial charge in [0.05, 0.1) is 11.3 Å².